The zero-order valence-corrected chi connectivity index (χ0v) is 16.1. The van der Waals surface area contributed by atoms with E-state index in [1.165, 1.54) is 25.7 Å². The van der Waals surface area contributed by atoms with Gasteiger partial charge in [0.25, 0.3) is 0 Å². The fraction of sp³-hybridized carbons (Fsp3) is 0.667. The third kappa shape index (κ3) is 6.25. The van der Waals surface area contributed by atoms with Crippen molar-refractivity contribution >= 4 is 5.71 Å². The molecule has 4 nitrogen and oxygen atoms in total. The van der Waals surface area contributed by atoms with Crippen LogP contribution in [0.15, 0.2) is 15.8 Å². The molecule has 0 aromatic carbocycles. The molecule has 4 heteroatoms. The molecule has 1 aromatic rings. The van der Waals surface area contributed by atoms with E-state index in [2.05, 4.69) is 42.7 Å². The minimum Gasteiger partial charge on any atom is -0.468 e. The van der Waals surface area contributed by atoms with Crippen LogP contribution in [0.25, 0.3) is 0 Å². The van der Waals surface area contributed by atoms with E-state index in [4.69, 9.17) is 9.25 Å². The van der Waals surface area contributed by atoms with Gasteiger partial charge >= 0.3 is 0 Å². The van der Waals surface area contributed by atoms with Crippen molar-refractivity contribution in [3.05, 3.63) is 23.2 Å². The summed E-state index contributed by atoms with van der Waals surface area (Å²) in [6.07, 6.45) is 9.75. The summed E-state index contributed by atoms with van der Waals surface area (Å²) in [5.41, 5.74) is 3.29. The minimum atomic E-state index is 0.352. The van der Waals surface area contributed by atoms with E-state index < -0.39 is 0 Å². The fourth-order valence-electron chi connectivity index (χ4n) is 3.10. The van der Waals surface area contributed by atoms with Crippen LogP contribution >= 0.6 is 0 Å². The monoisotopic (exact) mass is 344 g/mol. The van der Waals surface area contributed by atoms with Crippen molar-refractivity contribution in [1.29, 1.82) is 0 Å². The Bertz CT molecular complexity index is 599. The number of unbranched alkanes of at least 4 members (excludes halogenated alkanes) is 2. The van der Waals surface area contributed by atoms with Gasteiger partial charge in [-0.1, -0.05) is 43.7 Å². The summed E-state index contributed by atoms with van der Waals surface area (Å²) in [6.45, 7) is 9.97. The van der Waals surface area contributed by atoms with Crippen LogP contribution < -0.4 is 0 Å². The predicted molar refractivity (Wildman–Crippen MR) is 103 cm³/mol. The summed E-state index contributed by atoms with van der Waals surface area (Å²) in [6, 6.07) is 0. The van der Waals surface area contributed by atoms with Crippen molar-refractivity contribution < 1.29 is 9.25 Å². The number of furan rings is 1. The lowest BCUT2D eigenvalue weighted by Crippen LogP contribution is -2.26. The predicted octanol–water partition coefficient (Wildman–Crippen LogP) is 4.55. The van der Waals surface area contributed by atoms with E-state index in [0.29, 0.717) is 6.61 Å². The van der Waals surface area contributed by atoms with Crippen LogP contribution in [0.2, 0.25) is 0 Å². The van der Waals surface area contributed by atoms with E-state index in [1.54, 1.807) is 0 Å². The second kappa shape index (κ2) is 11.0. The molecule has 0 aliphatic heterocycles. The summed E-state index contributed by atoms with van der Waals surface area (Å²) in [7, 11) is 0. The van der Waals surface area contributed by atoms with E-state index in [1.807, 2.05) is 6.26 Å². The van der Waals surface area contributed by atoms with Crippen LogP contribution in [0.1, 0.15) is 69.3 Å². The van der Waals surface area contributed by atoms with E-state index in [-0.39, 0.29) is 0 Å². The Hall–Kier alpha value is -1.73. The van der Waals surface area contributed by atoms with Gasteiger partial charge in [-0.05, 0) is 51.3 Å². The molecule has 2 rings (SSSR count). The maximum absolute atomic E-state index is 5.58. The quantitative estimate of drug-likeness (QED) is 0.375. The van der Waals surface area contributed by atoms with Gasteiger partial charge in [-0.3, -0.25) is 4.90 Å². The number of oxime groups is 1. The lowest BCUT2D eigenvalue weighted by molar-refractivity contribution is 0.178. The number of fused-ring (bicyclic) bond motifs is 1. The largest absolute Gasteiger partial charge is 0.468 e. The third-order valence-corrected chi connectivity index (χ3v) is 4.55. The molecule has 0 saturated heterocycles. The first kappa shape index (κ1) is 19.6. The van der Waals surface area contributed by atoms with Crippen LogP contribution in [0.3, 0.4) is 0 Å². The minimum absolute atomic E-state index is 0.352. The van der Waals surface area contributed by atoms with Gasteiger partial charge in [-0.25, -0.2) is 0 Å². The number of aryl methyl sites for hydroxylation is 2. The van der Waals surface area contributed by atoms with E-state index in [9.17, 15) is 0 Å². The van der Waals surface area contributed by atoms with Gasteiger partial charge in [0.1, 0.15) is 5.76 Å². The summed E-state index contributed by atoms with van der Waals surface area (Å²) in [5, 5.41) is 4.31. The molecule has 1 heterocycles. The molecule has 138 valence electrons. The second-order valence-electron chi connectivity index (χ2n) is 6.72. The van der Waals surface area contributed by atoms with Gasteiger partial charge in [0.05, 0.1) is 18.5 Å². The average Bonchev–Trinajstić information content (AvgIpc) is 3.01. The topological polar surface area (TPSA) is 38.0 Å². The van der Waals surface area contributed by atoms with Crippen molar-refractivity contribution in [2.45, 2.75) is 65.7 Å². The Balaban J connectivity index is 1.79. The average molecular weight is 344 g/mol. The smallest absolute Gasteiger partial charge is 0.177 e. The molecule has 1 aromatic heterocycles. The standard InChI is InChI=1S/C21H32N2O2/c1-4-6-13-23(14-7-5-2)15-8-9-16-25-22-19-11-10-12-20-21(19)18(3)17-24-20/h17H,4-7,10-16H2,1-3H3/b22-19+. The molecule has 1 aliphatic rings. The Morgan fingerprint density at radius 1 is 1.16 bits per heavy atom. The molecule has 0 saturated carbocycles. The van der Waals surface area contributed by atoms with E-state index in [0.717, 1.165) is 61.5 Å². The van der Waals surface area contributed by atoms with Gasteiger partial charge in [-0.15, -0.1) is 0 Å². The van der Waals surface area contributed by atoms with Gasteiger partial charge in [0.15, 0.2) is 6.61 Å². The maximum Gasteiger partial charge on any atom is 0.177 e. The molecule has 0 N–H and O–H groups in total. The molecule has 25 heavy (non-hydrogen) atoms. The van der Waals surface area contributed by atoms with Crippen LogP contribution in [0, 0.1) is 18.8 Å². The number of hydrogen-bond acceptors (Lipinski definition) is 4. The molecule has 0 spiro atoms. The van der Waals surface area contributed by atoms with Crippen LogP contribution in [-0.2, 0) is 11.3 Å². The molecule has 0 fully saturated rings. The van der Waals surface area contributed by atoms with Crippen molar-refractivity contribution in [2.24, 2.45) is 5.16 Å². The highest BCUT2D eigenvalue weighted by Gasteiger charge is 2.21. The summed E-state index contributed by atoms with van der Waals surface area (Å²) >= 11 is 0. The Morgan fingerprint density at radius 3 is 2.64 bits per heavy atom. The number of hydrogen-bond donors (Lipinski definition) is 0. The normalized spacial score (nSPS) is 15.1. The lowest BCUT2D eigenvalue weighted by Gasteiger charge is -2.18. The fourth-order valence-corrected chi connectivity index (χ4v) is 3.10. The van der Waals surface area contributed by atoms with Crippen molar-refractivity contribution in [2.75, 3.05) is 26.2 Å². The Morgan fingerprint density at radius 2 is 1.92 bits per heavy atom. The summed E-state index contributed by atoms with van der Waals surface area (Å²) < 4.78 is 5.58. The third-order valence-electron chi connectivity index (χ3n) is 4.55. The van der Waals surface area contributed by atoms with Gasteiger partial charge in [0, 0.05) is 12.0 Å². The zero-order chi connectivity index (χ0) is 17.9. The molecule has 0 atom stereocenters. The number of nitrogens with zero attached hydrogens (tertiary/aromatic N) is 2. The van der Waals surface area contributed by atoms with Crippen LogP contribution in [-0.4, -0.2) is 36.9 Å². The Kier molecular flexibility index (Phi) is 8.62. The molecule has 0 unspecified atom stereocenters. The zero-order valence-electron chi connectivity index (χ0n) is 16.1. The van der Waals surface area contributed by atoms with E-state index >= 15 is 0 Å². The van der Waals surface area contributed by atoms with Crippen LogP contribution in [0.5, 0.6) is 0 Å². The lowest BCUT2D eigenvalue weighted by atomic mass is 9.94. The first-order valence-corrected chi connectivity index (χ1v) is 9.70. The molecule has 0 amide bonds. The Labute approximate surface area is 152 Å². The van der Waals surface area contributed by atoms with Crippen LogP contribution in [0.4, 0.5) is 0 Å². The molecule has 1 aliphatic carbocycles. The van der Waals surface area contributed by atoms with Crippen molar-refractivity contribution in [1.82, 2.24) is 4.90 Å². The second-order valence-corrected chi connectivity index (χ2v) is 6.72. The van der Waals surface area contributed by atoms with Gasteiger partial charge in [0.2, 0.25) is 0 Å². The summed E-state index contributed by atoms with van der Waals surface area (Å²) in [4.78, 5) is 7.89. The molecule has 0 radical (unpaired) electrons. The highest BCUT2D eigenvalue weighted by atomic mass is 16.6. The first-order valence-electron chi connectivity index (χ1n) is 9.70. The molecular weight excluding hydrogens is 312 g/mol. The van der Waals surface area contributed by atoms with Gasteiger partial charge in [-0.2, -0.15) is 0 Å². The van der Waals surface area contributed by atoms with Gasteiger partial charge < -0.3 is 9.25 Å². The maximum atomic E-state index is 5.58. The highest BCUT2D eigenvalue weighted by molar-refractivity contribution is 6.03. The highest BCUT2D eigenvalue weighted by Crippen LogP contribution is 2.26. The summed E-state index contributed by atoms with van der Waals surface area (Å²) in [5.74, 6) is 7.37. The molecule has 0 bridgehead atoms. The first-order chi connectivity index (χ1) is 12.3. The molecular formula is C21H32N2O2. The SMILES string of the molecule is CCCCN(CC#CCO/N=C1\CCCc2occ(C)c21)CCCC. The number of rotatable bonds is 9. The van der Waals surface area contributed by atoms with Crippen molar-refractivity contribution in [3.63, 3.8) is 0 Å². The van der Waals surface area contributed by atoms with Crippen molar-refractivity contribution in [3.8, 4) is 11.8 Å².